The summed E-state index contributed by atoms with van der Waals surface area (Å²) >= 11 is 0. The van der Waals surface area contributed by atoms with E-state index in [1.165, 1.54) is 5.69 Å². The van der Waals surface area contributed by atoms with Gasteiger partial charge >= 0.3 is 0 Å². The molecular weight excluding hydrogens is 248 g/mol. The first-order valence-corrected chi connectivity index (χ1v) is 7.58. The standard InChI is InChI=1S/C16H26N4/c1-5-10-17-12-14-16(19(4)13(3)6-2)18-15-9-7-8-11-20(14)15/h7-9,11,13,17H,5-6,10,12H2,1-4H3. The van der Waals surface area contributed by atoms with Crippen molar-refractivity contribution in [3.8, 4) is 0 Å². The quantitative estimate of drug-likeness (QED) is 0.788. The number of nitrogens with one attached hydrogen (secondary N) is 1. The van der Waals surface area contributed by atoms with Crippen LogP contribution in [0.4, 0.5) is 5.82 Å². The van der Waals surface area contributed by atoms with Crippen molar-refractivity contribution in [2.24, 2.45) is 0 Å². The third-order valence-corrected chi connectivity index (χ3v) is 3.91. The van der Waals surface area contributed by atoms with Crippen LogP contribution in [0.15, 0.2) is 24.4 Å². The lowest BCUT2D eigenvalue weighted by Gasteiger charge is -2.25. The number of imidazole rings is 1. The second-order valence-electron chi connectivity index (χ2n) is 5.36. The first-order chi connectivity index (χ1) is 9.69. The highest BCUT2D eigenvalue weighted by atomic mass is 15.2. The Kier molecular flexibility index (Phi) is 5.01. The van der Waals surface area contributed by atoms with E-state index in [-0.39, 0.29) is 0 Å². The van der Waals surface area contributed by atoms with Crippen molar-refractivity contribution >= 4 is 11.5 Å². The highest BCUT2D eigenvalue weighted by Crippen LogP contribution is 2.23. The van der Waals surface area contributed by atoms with E-state index < -0.39 is 0 Å². The number of anilines is 1. The van der Waals surface area contributed by atoms with Crippen LogP contribution in [0, 0.1) is 0 Å². The van der Waals surface area contributed by atoms with Gasteiger partial charge in [-0.05, 0) is 38.4 Å². The lowest BCUT2D eigenvalue weighted by atomic mass is 10.2. The van der Waals surface area contributed by atoms with E-state index >= 15 is 0 Å². The van der Waals surface area contributed by atoms with Gasteiger partial charge in [0, 0.05) is 25.8 Å². The lowest BCUT2D eigenvalue weighted by Crippen LogP contribution is -2.30. The molecule has 2 heterocycles. The molecule has 20 heavy (non-hydrogen) atoms. The van der Waals surface area contributed by atoms with E-state index in [0.717, 1.165) is 37.4 Å². The highest BCUT2D eigenvalue weighted by molar-refractivity contribution is 5.56. The second kappa shape index (κ2) is 6.75. The molecule has 0 radical (unpaired) electrons. The predicted molar refractivity (Wildman–Crippen MR) is 85.3 cm³/mol. The van der Waals surface area contributed by atoms with Gasteiger partial charge in [-0.25, -0.2) is 4.98 Å². The fraction of sp³-hybridized carbons (Fsp3) is 0.562. The predicted octanol–water partition coefficient (Wildman–Crippen LogP) is 3.07. The molecule has 0 saturated carbocycles. The minimum atomic E-state index is 0.491. The van der Waals surface area contributed by atoms with Gasteiger partial charge < -0.3 is 14.6 Å². The second-order valence-corrected chi connectivity index (χ2v) is 5.36. The van der Waals surface area contributed by atoms with Gasteiger partial charge in [-0.1, -0.05) is 19.9 Å². The Labute approximate surface area is 121 Å². The Morgan fingerprint density at radius 3 is 2.85 bits per heavy atom. The largest absolute Gasteiger partial charge is 0.355 e. The topological polar surface area (TPSA) is 32.6 Å². The summed E-state index contributed by atoms with van der Waals surface area (Å²) in [6.07, 6.45) is 4.36. The van der Waals surface area contributed by atoms with Gasteiger partial charge in [-0.3, -0.25) is 0 Å². The van der Waals surface area contributed by atoms with Crippen molar-refractivity contribution in [1.82, 2.24) is 14.7 Å². The fourth-order valence-corrected chi connectivity index (χ4v) is 2.35. The van der Waals surface area contributed by atoms with Crippen LogP contribution in [0.25, 0.3) is 5.65 Å². The Bertz CT molecular complexity index is 546. The number of rotatable bonds is 7. The molecule has 2 aromatic heterocycles. The summed E-state index contributed by atoms with van der Waals surface area (Å²) < 4.78 is 2.19. The molecular formula is C16H26N4. The number of aromatic nitrogens is 2. The SMILES string of the molecule is CCCNCc1c(N(C)C(C)CC)nc2ccccn12. The summed E-state index contributed by atoms with van der Waals surface area (Å²) in [5.74, 6) is 1.09. The molecule has 0 bridgehead atoms. The Morgan fingerprint density at radius 1 is 1.35 bits per heavy atom. The summed E-state index contributed by atoms with van der Waals surface area (Å²) in [5, 5.41) is 3.49. The molecule has 2 rings (SSSR count). The van der Waals surface area contributed by atoms with Crippen molar-refractivity contribution in [1.29, 1.82) is 0 Å². The zero-order valence-electron chi connectivity index (χ0n) is 13.1. The molecule has 0 aromatic carbocycles. The summed E-state index contributed by atoms with van der Waals surface area (Å²) in [6, 6.07) is 6.66. The van der Waals surface area contributed by atoms with E-state index in [1.807, 2.05) is 6.07 Å². The highest BCUT2D eigenvalue weighted by Gasteiger charge is 2.18. The maximum atomic E-state index is 4.81. The van der Waals surface area contributed by atoms with Crippen LogP contribution in [-0.2, 0) is 6.54 Å². The Hall–Kier alpha value is -1.55. The average molecular weight is 274 g/mol. The number of fused-ring (bicyclic) bond motifs is 1. The molecule has 0 amide bonds. The number of nitrogens with zero attached hydrogens (tertiary/aromatic N) is 3. The molecule has 0 fully saturated rings. The Morgan fingerprint density at radius 2 is 2.15 bits per heavy atom. The van der Waals surface area contributed by atoms with Crippen molar-refractivity contribution < 1.29 is 0 Å². The van der Waals surface area contributed by atoms with E-state index in [1.54, 1.807) is 0 Å². The van der Waals surface area contributed by atoms with E-state index in [4.69, 9.17) is 4.98 Å². The molecule has 0 aliphatic rings. The molecule has 2 aromatic rings. The average Bonchev–Trinajstić information content (AvgIpc) is 2.85. The zero-order chi connectivity index (χ0) is 14.5. The molecule has 4 heteroatoms. The van der Waals surface area contributed by atoms with E-state index in [0.29, 0.717) is 6.04 Å². The summed E-state index contributed by atoms with van der Waals surface area (Å²) in [6.45, 7) is 8.54. The summed E-state index contributed by atoms with van der Waals surface area (Å²) in [7, 11) is 2.14. The van der Waals surface area contributed by atoms with Crippen LogP contribution in [0.3, 0.4) is 0 Å². The Balaban J connectivity index is 2.38. The fourth-order valence-electron chi connectivity index (χ4n) is 2.35. The monoisotopic (exact) mass is 274 g/mol. The van der Waals surface area contributed by atoms with Gasteiger partial charge in [0.25, 0.3) is 0 Å². The van der Waals surface area contributed by atoms with Gasteiger partial charge in [0.1, 0.15) is 5.65 Å². The molecule has 0 aliphatic heterocycles. The third kappa shape index (κ3) is 2.96. The molecule has 110 valence electrons. The van der Waals surface area contributed by atoms with Crippen molar-refractivity contribution in [3.63, 3.8) is 0 Å². The number of hydrogen-bond acceptors (Lipinski definition) is 3. The maximum absolute atomic E-state index is 4.81. The van der Waals surface area contributed by atoms with Crippen molar-refractivity contribution in [2.75, 3.05) is 18.5 Å². The first-order valence-electron chi connectivity index (χ1n) is 7.58. The van der Waals surface area contributed by atoms with Crippen molar-refractivity contribution in [3.05, 3.63) is 30.1 Å². The minimum absolute atomic E-state index is 0.491. The van der Waals surface area contributed by atoms with Crippen LogP contribution in [-0.4, -0.2) is 29.0 Å². The number of pyridine rings is 1. The molecule has 0 aliphatic carbocycles. The molecule has 1 atom stereocenters. The van der Waals surface area contributed by atoms with Crippen LogP contribution < -0.4 is 10.2 Å². The van der Waals surface area contributed by atoms with Gasteiger partial charge in [0.05, 0.1) is 5.69 Å². The van der Waals surface area contributed by atoms with Gasteiger partial charge in [0.2, 0.25) is 0 Å². The van der Waals surface area contributed by atoms with Crippen LogP contribution in [0.5, 0.6) is 0 Å². The van der Waals surface area contributed by atoms with Crippen LogP contribution >= 0.6 is 0 Å². The molecule has 4 nitrogen and oxygen atoms in total. The maximum Gasteiger partial charge on any atom is 0.152 e. The minimum Gasteiger partial charge on any atom is -0.355 e. The normalized spacial score (nSPS) is 12.8. The van der Waals surface area contributed by atoms with E-state index in [9.17, 15) is 0 Å². The van der Waals surface area contributed by atoms with Crippen LogP contribution in [0.2, 0.25) is 0 Å². The van der Waals surface area contributed by atoms with E-state index in [2.05, 4.69) is 60.8 Å². The first kappa shape index (κ1) is 14.9. The van der Waals surface area contributed by atoms with Crippen LogP contribution in [0.1, 0.15) is 39.3 Å². The molecule has 1 unspecified atom stereocenters. The van der Waals surface area contributed by atoms with Crippen molar-refractivity contribution in [2.45, 2.75) is 46.2 Å². The smallest absolute Gasteiger partial charge is 0.152 e. The number of hydrogen-bond donors (Lipinski definition) is 1. The molecule has 1 N–H and O–H groups in total. The molecule has 0 spiro atoms. The lowest BCUT2D eigenvalue weighted by molar-refractivity contribution is 0.636. The molecule has 0 saturated heterocycles. The van der Waals surface area contributed by atoms with Gasteiger partial charge in [0.15, 0.2) is 5.82 Å². The van der Waals surface area contributed by atoms with Gasteiger partial charge in [-0.15, -0.1) is 0 Å². The third-order valence-electron chi connectivity index (χ3n) is 3.91. The summed E-state index contributed by atoms with van der Waals surface area (Å²) in [4.78, 5) is 7.10. The summed E-state index contributed by atoms with van der Waals surface area (Å²) in [5.41, 5.74) is 2.27. The van der Waals surface area contributed by atoms with Gasteiger partial charge in [-0.2, -0.15) is 0 Å². The zero-order valence-corrected chi connectivity index (χ0v) is 13.1.